The Labute approximate surface area is 120 Å². The van der Waals surface area contributed by atoms with Crippen molar-refractivity contribution in [2.24, 2.45) is 0 Å². The molecular formula is C13H14N4O2S. The van der Waals surface area contributed by atoms with Crippen LogP contribution in [0.4, 0.5) is 10.8 Å². The van der Waals surface area contributed by atoms with Crippen molar-refractivity contribution in [2.75, 3.05) is 24.3 Å². The van der Waals surface area contributed by atoms with E-state index in [9.17, 15) is 4.79 Å². The molecule has 3 rings (SSSR count). The largest absolute Gasteiger partial charge is 0.497 e. The Bertz CT molecular complexity index is 626. The number of ether oxygens (including phenoxy) is 1. The number of carbonyl (C=O) groups is 1. The van der Waals surface area contributed by atoms with Crippen molar-refractivity contribution >= 4 is 28.1 Å². The number of nitrogen functional groups attached to an aromatic ring is 1. The van der Waals surface area contributed by atoms with Gasteiger partial charge < -0.3 is 15.4 Å². The van der Waals surface area contributed by atoms with E-state index in [1.807, 2.05) is 24.3 Å². The van der Waals surface area contributed by atoms with Crippen LogP contribution < -0.4 is 15.4 Å². The van der Waals surface area contributed by atoms with Gasteiger partial charge in [-0.15, -0.1) is 10.2 Å². The molecule has 104 valence electrons. The molecule has 0 aliphatic carbocycles. The molecular weight excluding hydrogens is 276 g/mol. The van der Waals surface area contributed by atoms with E-state index in [4.69, 9.17) is 10.5 Å². The van der Waals surface area contributed by atoms with Gasteiger partial charge in [0, 0.05) is 24.6 Å². The Hall–Kier alpha value is -2.15. The Morgan fingerprint density at radius 3 is 2.70 bits per heavy atom. The van der Waals surface area contributed by atoms with Crippen molar-refractivity contribution in [3.8, 4) is 5.75 Å². The smallest absolute Gasteiger partial charge is 0.227 e. The van der Waals surface area contributed by atoms with E-state index in [-0.39, 0.29) is 11.8 Å². The highest BCUT2D eigenvalue weighted by Crippen LogP contribution is 2.34. The second kappa shape index (κ2) is 5.09. The van der Waals surface area contributed by atoms with E-state index in [1.165, 1.54) is 11.3 Å². The third-order valence-corrected chi connectivity index (χ3v) is 4.23. The fourth-order valence-corrected chi connectivity index (χ4v) is 3.00. The van der Waals surface area contributed by atoms with Gasteiger partial charge in [-0.05, 0) is 24.3 Å². The first-order valence-corrected chi connectivity index (χ1v) is 7.02. The van der Waals surface area contributed by atoms with Crippen LogP contribution in [0.15, 0.2) is 24.3 Å². The molecule has 1 aliphatic rings. The second-order valence-electron chi connectivity index (χ2n) is 4.58. The molecule has 1 unspecified atom stereocenters. The molecule has 0 radical (unpaired) electrons. The van der Waals surface area contributed by atoms with Crippen molar-refractivity contribution in [3.63, 3.8) is 0 Å². The van der Waals surface area contributed by atoms with E-state index in [1.54, 1.807) is 12.0 Å². The van der Waals surface area contributed by atoms with Crippen LogP contribution in [-0.2, 0) is 4.79 Å². The minimum absolute atomic E-state index is 0.0689. The number of amides is 1. The van der Waals surface area contributed by atoms with Gasteiger partial charge in [0.05, 0.1) is 7.11 Å². The number of benzene rings is 1. The molecule has 0 saturated carbocycles. The van der Waals surface area contributed by atoms with Gasteiger partial charge in [-0.25, -0.2) is 0 Å². The Morgan fingerprint density at radius 2 is 2.10 bits per heavy atom. The lowest BCUT2D eigenvalue weighted by Gasteiger charge is -2.16. The third-order valence-electron chi connectivity index (χ3n) is 3.31. The molecule has 1 aromatic heterocycles. The zero-order chi connectivity index (χ0) is 14.1. The number of nitrogens with two attached hydrogens (primary N) is 1. The molecule has 1 fully saturated rings. The monoisotopic (exact) mass is 290 g/mol. The summed E-state index contributed by atoms with van der Waals surface area (Å²) in [6.07, 6.45) is 0.445. The normalized spacial score (nSPS) is 18.6. The van der Waals surface area contributed by atoms with Gasteiger partial charge in [0.2, 0.25) is 11.0 Å². The maximum absolute atomic E-state index is 12.1. The highest BCUT2D eigenvalue weighted by Gasteiger charge is 2.33. The molecule has 2 aromatic rings. The van der Waals surface area contributed by atoms with E-state index in [2.05, 4.69) is 10.2 Å². The lowest BCUT2D eigenvalue weighted by molar-refractivity contribution is -0.117. The molecule has 1 amide bonds. The van der Waals surface area contributed by atoms with Crippen LogP contribution in [0.5, 0.6) is 5.75 Å². The number of aromatic nitrogens is 2. The standard InChI is InChI=1S/C13H14N4O2S/c1-19-10-4-2-9(3-5-10)17-7-8(6-11(17)18)12-15-16-13(14)20-12/h2-5,8H,6-7H2,1H3,(H2,14,16). The van der Waals surface area contributed by atoms with Gasteiger partial charge in [0.25, 0.3) is 0 Å². The summed E-state index contributed by atoms with van der Waals surface area (Å²) in [7, 11) is 1.62. The predicted octanol–water partition coefficient (Wildman–Crippen LogP) is 1.65. The third kappa shape index (κ3) is 2.32. The van der Waals surface area contributed by atoms with Gasteiger partial charge >= 0.3 is 0 Å². The quantitative estimate of drug-likeness (QED) is 0.929. The number of methoxy groups -OCH3 is 1. The maximum atomic E-state index is 12.1. The molecule has 1 aromatic carbocycles. The SMILES string of the molecule is COc1ccc(N2CC(c3nnc(N)s3)CC2=O)cc1. The predicted molar refractivity (Wildman–Crippen MR) is 77.0 cm³/mol. The Morgan fingerprint density at radius 1 is 1.35 bits per heavy atom. The number of anilines is 2. The molecule has 2 N–H and O–H groups in total. The fraction of sp³-hybridized carbons (Fsp3) is 0.308. The van der Waals surface area contributed by atoms with Crippen molar-refractivity contribution < 1.29 is 9.53 Å². The van der Waals surface area contributed by atoms with Crippen LogP contribution in [-0.4, -0.2) is 29.8 Å². The average Bonchev–Trinajstić information content (AvgIpc) is 3.05. The number of hydrogen-bond donors (Lipinski definition) is 1. The lowest BCUT2D eigenvalue weighted by Crippen LogP contribution is -2.24. The Kier molecular flexibility index (Phi) is 3.27. The molecule has 2 heterocycles. The van der Waals surface area contributed by atoms with Gasteiger partial charge in [-0.1, -0.05) is 11.3 Å². The van der Waals surface area contributed by atoms with Crippen molar-refractivity contribution in [1.29, 1.82) is 0 Å². The summed E-state index contributed by atoms with van der Waals surface area (Å²) in [6, 6.07) is 7.46. The Balaban J connectivity index is 1.79. The zero-order valence-electron chi connectivity index (χ0n) is 10.9. The summed E-state index contributed by atoms with van der Waals surface area (Å²) in [4.78, 5) is 13.9. The summed E-state index contributed by atoms with van der Waals surface area (Å²) in [5, 5.41) is 9.10. The molecule has 1 saturated heterocycles. The van der Waals surface area contributed by atoms with Crippen LogP contribution in [0.2, 0.25) is 0 Å². The number of nitrogens with zero attached hydrogens (tertiary/aromatic N) is 3. The number of rotatable bonds is 3. The van der Waals surface area contributed by atoms with E-state index < -0.39 is 0 Å². The van der Waals surface area contributed by atoms with Gasteiger partial charge in [0.15, 0.2) is 0 Å². The van der Waals surface area contributed by atoms with Crippen molar-refractivity contribution in [3.05, 3.63) is 29.3 Å². The lowest BCUT2D eigenvalue weighted by atomic mass is 10.1. The summed E-state index contributed by atoms with van der Waals surface area (Å²) in [5.74, 6) is 0.933. The molecule has 1 aliphatic heterocycles. The first-order chi connectivity index (χ1) is 9.67. The number of hydrogen-bond acceptors (Lipinski definition) is 6. The first-order valence-electron chi connectivity index (χ1n) is 6.20. The first kappa shape index (κ1) is 12.9. The van der Waals surface area contributed by atoms with E-state index in [0.29, 0.717) is 18.1 Å². The summed E-state index contributed by atoms with van der Waals surface area (Å²) < 4.78 is 5.12. The van der Waals surface area contributed by atoms with Gasteiger partial charge in [-0.2, -0.15) is 0 Å². The summed E-state index contributed by atoms with van der Waals surface area (Å²) in [6.45, 7) is 0.611. The van der Waals surface area contributed by atoms with E-state index in [0.717, 1.165) is 16.4 Å². The molecule has 20 heavy (non-hydrogen) atoms. The topological polar surface area (TPSA) is 81.3 Å². The molecule has 0 spiro atoms. The molecule has 0 bridgehead atoms. The van der Waals surface area contributed by atoms with Crippen LogP contribution in [0, 0.1) is 0 Å². The highest BCUT2D eigenvalue weighted by molar-refractivity contribution is 7.15. The fourth-order valence-electron chi connectivity index (χ4n) is 2.30. The minimum Gasteiger partial charge on any atom is -0.497 e. The zero-order valence-corrected chi connectivity index (χ0v) is 11.8. The van der Waals surface area contributed by atoms with E-state index >= 15 is 0 Å². The van der Waals surface area contributed by atoms with Crippen LogP contribution in [0.25, 0.3) is 0 Å². The highest BCUT2D eigenvalue weighted by atomic mass is 32.1. The molecule has 7 heteroatoms. The van der Waals surface area contributed by atoms with Gasteiger partial charge in [-0.3, -0.25) is 4.79 Å². The van der Waals surface area contributed by atoms with Crippen molar-refractivity contribution in [1.82, 2.24) is 10.2 Å². The average molecular weight is 290 g/mol. The molecule has 1 atom stereocenters. The van der Waals surface area contributed by atoms with Crippen LogP contribution in [0.1, 0.15) is 17.3 Å². The van der Waals surface area contributed by atoms with Crippen LogP contribution in [0.3, 0.4) is 0 Å². The van der Waals surface area contributed by atoms with Crippen molar-refractivity contribution in [2.45, 2.75) is 12.3 Å². The molecule has 6 nitrogen and oxygen atoms in total. The maximum Gasteiger partial charge on any atom is 0.227 e. The summed E-state index contributed by atoms with van der Waals surface area (Å²) >= 11 is 1.35. The number of carbonyl (C=O) groups excluding carboxylic acids is 1. The van der Waals surface area contributed by atoms with Gasteiger partial charge in [0.1, 0.15) is 10.8 Å². The second-order valence-corrected chi connectivity index (χ2v) is 5.62. The summed E-state index contributed by atoms with van der Waals surface area (Å²) in [5.41, 5.74) is 6.46. The van der Waals surface area contributed by atoms with Crippen LogP contribution >= 0.6 is 11.3 Å². The minimum atomic E-state index is 0.0689.